The van der Waals surface area contributed by atoms with Gasteiger partial charge in [0.25, 0.3) is 0 Å². The standard InChI is InChI=1S/C3H6N2O/c6-5-3-1-2-4-3/h6H,1-2H2,(H,4,5). The monoisotopic (exact) mass is 86.0 g/mol. The van der Waals surface area contributed by atoms with Gasteiger partial charge in [-0.15, -0.1) is 0 Å². The van der Waals surface area contributed by atoms with Gasteiger partial charge in [-0.25, -0.2) is 0 Å². The molecule has 1 aliphatic heterocycles. The third-order valence-corrected chi connectivity index (χ3v) is 0.780. The Labute approximate surface area is 35.7 Å². The summed E-state index contributed by atoms with van der Waals surface area (Å²) in [4.78, 5) is 3.74. The zero-order chi connectivity index (χ0) is 4.41. The number of hydroxylamine groups is 1. The first kappa shape index (κ1) is 3.61. The number of hydrogen-bond donors (Lipinski definition) is 2. The van der Waals surface area contributed by atoms with Crippen molar-refractivity contribution in [1.29, 1.82) is 0 Å². The third-order valence-electron chi connectivity index (χ3n) is 0.780. The molecule has 0 fully saturated rings. The van der Waals surface area contributed by atoms with Gasteiger partial charge in [0.2, 0.25) is 0 Å². The maximum Gasteiger partial charge on any atom is 0.122 e. The van der Waals surface area contributed by atoms with Crippen molar-refractivity contribution in [2.24, 2.45) is 4.99 Å². The number of amidine groups is 1. The molecule has 0 aromatic rings. The van der Waals surface area contributed by atoms with E-state index >= 15 is 0 Å². The van der Waals surface area contributed by atoms with Crippen LogP contribution >= 0.6 is 0 Å². The average Bonchev–Trinajstić information content (AvgIpc) is 1.31. The molecule has 3 heteroatoms. The topological polar surface area (TPSA) is 44.6 Å². The number of nitrogens with zero attached hydrogens (tertiary/aromatic N) is 1. The lowest BCUT2D eigenvalue weighted by atomic mass is 10.3. The first-order valence-corrected chi connectivity index (χ1v) is 1.87. The zero-order valence-electron chi connectivity index (χ0n) is 3.31. The molecule has 1 heterocycles. The Hall–Kier alpha value is -0.570. The highest BCUT2D eigenvalue weighted by molar-refractivity contribution is 5.84. The summed E-state index contributed by atoms with van der Waals surface area (Å²) in [5.74, 6) is 0.704. The molecule has 0 aromatic heterocycles. The predicted molar refractivity (Wildman–Crippen MR) is 21.8 cm³/mol. The van der Waals surface area contributed by atoms with Crippen LogP contribution < -0.4 is 5.48 Å². The summed E-state index contributed by atoms with van der Waals surface area (Å²) < 4.78 is 0. The highest BCUT2D eigenvalue weighted by Crippen LogP contribution is 1.94. The van der Waals surface area contributed by atoms with E-state index < -0.39 is 0 Å². The normalized spacial score (nSPS) is 18.5. The van der Waals surface area contributed by atoms with Gasteiger partial charge in [-0.2, -0.15) is 0 Å². The second kappa shape index (κ2) is 1.26. The Balaban J connectivity index is 2.32. The molecule has 0 atom stereocenters. The molecule has 0 radical (unpaired) electrons. The number of nitrogens with one attached hydrogen (secondary N) is 1. The third kappa shape index (κ3) is 0.367. The molecular weight excluding hydrogens is 80.0 g/mol. The maximum absolute atomic E-state index is 8.01. The summed E-state index contributed by atoms with van der Waals surface area (Å²) in [5, 5.41) is 8.01. The van der Waals surface area contributed by atoms with Crippen LogP contribution in [0.5, 0.6) is 0 Å². The molecule has 0 bridgehead atoms. The van der Waals surface area contributed by atoms with Crippen molar-refractivity contribution in [3.05, 3.63) is 0 Å². The predicted octanol–water partition coefficient (Wildman–Crippen LogP) is -0.233. The molecule has 0 spiro atoms. The first-order chi connectivity index (χ1) is 2.93. The molecule has 1 rings (SSSR count). The molecule has 0 unspecified atom stereocenters. The molecule has 0 saturated carbocycles. The first-order valence-electron chi connectivity index (χ1n) is 1.87. The average molecular weight is 86.1 g/mol. The summed E-state index contributed by atoms with van der Waals surface area (Å²) in [7, 11) is 0. The Bertz CT molecular complexity index is 78.9. The van der Waals surface area contributed by atoms with Gasteiger partial charge < -0.3 is 0 Å². The lowest BCUT2D eigenvalue weighted by Gasteiger charge is -2.08. The van der Waals surface area contributed by atoms with Crippen LogP contribution in [0.1, 0.15) is 6.42 Å². The minimum atomic E-state index is 0.704. The molecular formula is C3H6N2O. The smallest absolute Gasteiger partial charge is 0.122 e. The molecule has 3 nitrogen and oxygen atoms in total. The molecule has 0 aliphatic carbocycles. The molecule has 34 valence electrons. The van der Waals surface area contributed by atoms with E-state index in [1.54, 1.807) is 0 Å². The Morgan fingerprint density at radius 3 is 2.50 bits per heavy atom. The maximum atomic E-state index is 8.01. The Kier molecular flexibility index (Phi) is 0.759. The second-order valence-electron chi connectivity index (χ2n) is 1.19. The van der Waals surface area contributed by atoms with E-state index in [9.17, 15) is 0 Å². The zero-order valence-corrected chi connectivity index (χ0v) is 3.31. The highest BCUT2D eigenvalue weighted by Gasteiger charge is 2.02. The van der Waals surface area contributed by atoms with E-state index in [1.807, 2.05) is 5.48 Å². The van der Waals surface area contributed by atoms with Crippen LogP contribution in [0.2, 0.25) is 0 Å². The molecule has 0 amide bonds. The van der Waals surface area contributed by atoms with Gasteiger partial charge in [-0.1, -0.05) is 0 Å². The number of aliphatic imine (C=N–C) groups is 1. The van der Waals surface area contributed by atoms with Gasteiger partial charge >= 0.3 is 0 Å². The van der Waals surface area contributed by atoms with Crippen molar-refractivity contribution < 1.29 is 5.21 Å². The van der Waals surface area contributed by atoms with E-state index in [0.717, 1.165) is 13.0 Å². The van der Waals surface area contributed by atoms with Crippen LogP contribution in [0.25, 0.3) is 0 Å². The summed E-state index contributed by atoms with van der Waals surface area (Å²) >= 11 is 0. The van der Waals surface area contributed by atoms with E-state index in [0.29, 0.717) is 5.84 Å². The summed E-state index contributed by atoms with van der Waals surface area (Å²) in [6.45, 7) is 0.864. The van der Waals surface area contributed by atoms with Gasteiger partial charge in [0.1, 0.15) is 5.84 Å². The van der Waals surface area contributed by atoms with Crippen LogP contribution in [0.3, 0.4) is 0 Å². The molecule has 0 aromatic carbocycles. The molecule has 2 N–H and O–H groups in total. The Morgan fingerprint density at radius 2 is 2.50 bits per heavy atom. The van der Waals surface area contributed by atoms with Crippen LogP contribution in [0, 0.1) is 0 Å². The molecule has 6 heavy (non-hydrogen) atoms. The largest absolute Gasteiger partial charge is 0.290 e. The Morgan fingerprint density at radius 1 is 1.83 bits per heavy atom. The lowest BCUT2D eigenvalue weighted by Crippen LogP contribution is -2.26. The summed E-state index contributed by atoms with van der Waals surface area (Å²) in [6.07, 6.45) is 0.899. The molecule has 0 saturated heterocycles. The minimum Gasteiger partial charge on any atom is -0.290 e. The van der Waals surface area contributed by atoms with Crippen molar-refractivity contribution in [2.75, 3.05) is 6.54 Å². The fraction of sp³-hybridized carbons (Fsp3) is 0.667. The van der Waals surface area contributed by atoms with Crippen LogP contribution in [0.4, 0.5) is 0 Å². The van der Waals surface area contributed by atoms with E-state index in [4.69, 9.17) is 5.21 Å². The minimum absolute atomic E-state index is 0.704. The fourth-order valence-electron chi connectivity index (χ4n) is 0.315. The van der Waals surface area contributed by atoms with Gasteiger partial charge in [0.15, 0.2) is 0 Å². The van der Waals surface area contributed by atoms with Crippen molar-refractivity contribution in [3.63, 3.8) is 0 Å². The van der Waals surface area contributed by atoms with Crippen LogP contribution in [0.15, 0.2) is 4.99 Å². The van der Waals surface area contributed by atoms with Crippen LogP contribution in [-0.4, -0.2) is 17.6 Å². The second-order valence-corrected chi connectivity index (χ2v) is 1.19. The van der Waals surface area contributed by atoms with Gasteiger partial charge in [0, 0.05) is 13.0 Å². The van der Waals surface area contributed by atoms with Crippen molar-refractivity contribution in [3.8, 4) is 0 Å². The lowest BCUT2D eigenvalue weighted by molar-refractivity contribution is 0.228. The number of rotatable bonds is 0. The van der Waals surface area contributed by atoms with E-state index in [-0.39, 0.29) is 0 Å². The van der Waals surface area contributed by atoms with Crippen molar-refractivity contribution >= 4 is 5.84 Å². The van der Waals surface area contributed by atoms with Gasteiger partial charge in [0.05, 0.1) is 0 Å². The van der Waals surface area contributed by atoms with E-state index in [1.165, 1.54) is 0 Å². The van der Waals surface area contributed by atoms with Crippen molar-refractivity contribution in [1.82, 2.24) is 5.48 Å². The SMILES string of the molecule is ONC1=NCC1. The fourth-order valence-corrected chi connectivity index (χ4v) is 0.315. The van der Waals surface area contributed by atoms with Crippen LogP contribution in [-0.2, 0) is 0 Å². The number of hydrogen-bond acceptors (Lipinski definition) is 3. The quantitative estimate of drug-likeness (QED) is 0.400. The van der Waals surface area contributed by atoms with Crippen molar-refractivity contribution in [2.45, 2.75) is 6.42 Å². The summed E-state index contributed by atoms with van der Waals surface area (Å²) in [6, 6.07) is 0. The van der Waals surface area contributed by atoms with E-state index in [2.05, 4.69) is 4.99 Å². The summed E-state index contributed by atoms with van der Waals surface area (Å²) in [5.41, 5.74) is 1.95. The van der Waals surface area contributed by atoms with Gasteiger partial charge in [-0.3, -0.25) is 15.7 Å². The highest BCUT2D eigenvalue weighted by atomic mass is 16.5. The molecule has 1 aliphatic rings. The van der Waals surface area contributed by atoms with Gasteiger partial charge in [-0.05, 0) is 0 Å².